The van der Waals surface area contributed by atoms with E-state index in [2.05, 4.69) is 5.32 Å². The third-order valence-electron chi connectivity index (χ3n) is 2.90. The number of benzene rings is 1. The highest BCUT2D eigenvalue weighted by atomic mass is 19.2. The summed E-state index contributed by atoms with van der Waals surface area (Å²) >= 11 is 0. The average molecular weight is 215 g/mol. The van der Waals surface area contributed by atoms with E-state index in [0.717, 1.165) is 12.5 Å². The minimum Gasteiger partial charge on any atom is -0.382 e. The SMILES string of the molecule is CCC1CNc2c(cc(F)c(F)c2F)C1. The zero-order valence-corrected chi connectivity index (χ0v) is 8.41. The molecule has 0 saturated carbocycles. The molecule has 15 heavy (non-hydrogen) atoms. The normalized spacial score (nSPS) is 19.6. The van der Waals surface area contributed by atoms with Gasteiger partial charge in [0, 0.05) is 6.54 Å². The van der Waals surface area contributed by atoms with E-state index < -0.39 is 17.5 Å². The van der Waals surface area contributed by atoms with Crippen molar-refractivity contribution in [3.05, 3.63) is 29.1 Å². The molecule has 0 aromatic heterocycles. The van der Waals surface area contributed by atoms with Crippen molar-refractivity contribution in [2.45, 2.75) is 19.8 Å². The maximum atomic E-state index is 13.3. The summed E-state index contributed by atoms with van der Waals surface area (Å²) in [6.07, 6.45) is 1.54. The summed E-state index contributed by atoms with van der Waals surface area (Å²) in [5, 5.41) is 2.82. The molecule has 0 aliphatic carbocycles. The number of halogens is 3. The molecule has 82 valence electrons. The minimum atomic E-state index is -1.39. The Kier molecular flexibility index (Phi) is 2.59. The van der Waals surface area contributed by atoms with E-state index in [1.807, 2.05) is 6.92 Å². The van der Waals surface area contributed by atoms with E-state index in [1.54, 1.807) is 0 Å². The van der Waals surface area contributed by atoms with Gasteiger partial charge in [0.25, 0.3) is 0 Å². The lowest BCUT2D eigenvalue weighted by molar-refractivity contribution is 0.437. The van der Waals surface area contributed by atoms with Gasteiger partial charge in [-0.1, -0.05) is 13.3 Å². The molecule has 0 radical (unpaired) electrons. The molecular formula is C11H12F3N. The van der Waals surface area contributed by atoms with E-state index in [1.165, 1.54) is 0 Å². The zero-order chi connectivity index (χ0) is 11.0. The van der Waals surface area contributed by atoms with Gasteiger partial charge < -0.3 is 5.32 Å². The van der Waals surface area contributed by atoms with Gasteiger partial charge in [0.2, 0.25) is 0 Å². The quantitative estimate of drug-likeness (QED) is 0.710. The molecule has 0 saturated heterocycles. The van der Waals surface area contributed by atoms with Gasteiger partial charge in [0.1, 0.15) is 0 Å². The van der Waals surface area contributed by atoms with Crippen molar-refractivity contribution in [3.63, 3.8) is 0 Å². The summed E-state index contributed by atoms with van der Waals surface area (Å²) < 4.78 is 39.2. The van der Waals surface area contributed by atoms with Gasteiger partial charge >= 0.3 is 0 Å². The largest absolute Gasteiger partial charge is 0.382 e. The van der Waals surface area contributed by atoms with Crippen LogP contribution in [0.4, 0.5) is 18.9 Å². The summed E-state index contributed by atoms with van der Waals surface area (Å²) in [5.74, 6) is -3.23. The van der Waals surface area contributed by atoms with Crippen LogP contribution in [0.15, 0.2) is 6.07 Å². The molecule has 1 aromatic rings. The van der Waals surface area contributed by atoms with Gasteiger partial charge in [-0.15, -0.1) is 0 Å². The van der Waals surface area contributed by atoms with E-state index >= 15 is 0 Å². The maximum absolute atomic E-state index is 13.3. The van der Waals surface area contributed by atoms with Gasteiger partial charge in [-0.25, -0.2) is 13.2 Å². The number of nitrogens with one attached hydrogen (secondary N) is 1. The Morgan fingerprint density at radius 1 is 1.33 bits per heavy atom. The molecule has 0 fully saturated rings. The first kappa shape index (κ1) is 10.3. The van der Waals surface area contributed by atoms with Crippen LogP contribution in [0.25, 0.3) is 0 Å². The second kappa shape index (κ2) is 3.76. The van der Waals surface area contributed by atoms with Crippen LogP contribution in [0.1, 0.15) is 18.9 Å². The number of rotatable bonds is 1. The first-order chi connectivity index (χ1) is 7.13. The van der Waals surface area contributed by atoms with Crippen molar-refractivity contribution in [3.8, 4) is 0 Å². The predicted molar refractivity (Wildman–Crippen MR) is 52.3 cm³/mol. The van der Waals surface area contributed by atoms with Crippen molar-refractivity contribution in [1.82, 2.24) is 0 Å². The summed E-state index contributed by atoms with van der Waals surface area (Å²) in [5.41, 5.74) is 0.656. The van der Waals surface area contributed by atoms with Gasteiger partial charge in [-0.2, -0.15) is 0 Å². The Hall–Kier alpha value is -1.19. The molecule has 0 amide bonds. The highest BCUT2D eigenvalue weighted by molar-refractivity contribution is 5.55. The Labute approximate surface area is 86.3 Å². The number of hydrogen-bond donors (Lipinski definition) is 1. The molecule has 1 heterocycles. The standard InChI is InChI=1S/C11H12F3N/c1-2-6-3-7-4-8(12)9(13)10(14)11(7)15-5-6/h4,6,15H,2-3,5H2,1H3. The monoisotopic (exact) mass is 215 g/mol. The highest BCUT2D eigenvalue weighted by Crippen LogP contribution is 2.31. The van der Waals surface area contributed by atoms with Crippen LogP contribution in [0.3, 0.4) is 0 Å². The van der Waals surface area contributed by atoms with Crippen molar-refractivity contribution < 1.29 is 13.2 Å². The molecule has 2 rings (SSSR count). The lowest BCUT2D eigenvalue weighted by Gasteiger charge is -2.25. The Balaban J connectivity index is 2.44. The van der Waals surface area contributed by atoms with Crippen LogP contribution >= 0.6 is 0 Å². The highest BCUT2D eigenvalue weighted by Gasteiger charge is 2.24. The fourth-order valence-electron chi connectivity index (χ4n) is 1.91. The summed E-state index contributed by atoms with van der Waals surface area (Å²) in [6.45, 7) is 2.64. The fraction of sp³-hybridized carbons (Fsp3) is 0.455. The molecule has 1 aromatic carbocycles. The average Bonchev–Trinajstić information content (AvgIpc) is 2.25. The summed E-state index contributed by atoms with van der Waals surface area (Å²) in [7, 11) is 0. The molecule has 1 unspecified atom stereocenters. The van der Waals surface area contributed by atoms with Crippen LogP contribution in [0.2, 0.25) is 0 Å². The van der Waals surface area contributed by atoms with Crippen LogP contribution in [0, 0.1) is 23.4 Å². The van der Waals surface area contributed by atoms with E-state index in [0.29, 0.717) is 24.4 Å². The van der Waals surface area contributed by atoms with Crippen LogP contribution in [-0.2, 0) is 6.42 Å². The van der Waals surface area contributed by atoms with Crippen molar-refractivity contribution in [1.29, 1.82) is 0 Å². The maximum Gasteiger partial charge on any atom is 0.196 e. The van der Waals surface area contributed by atoms with Crippen LogP contribution in [-0.4, -0.2) is 6.54 Å². The molecule has 1 aliphatic rings. The van der Waals surface area contributed by atoms with Crippen molar-refractivity contribution >= 4 is 5.69 Å². The fourth-order valence-corrected chi connectivity index (χ4v) is 1.91. The zero-order valence-electron chi connectivity index (χ0n) is 8.41. The topological polar surface area (TPSA) is 12.0 Å². The van der Waals surface area contributed by atoms with Crippen LogP contribution < -0.4 is 5.32 Å². The Morgan fingerprint density at radius 3 is 2.73 bits per heavy atom. The molecule has 0 spiro atoms. The van der Waals surface area contributed by atoms with Crippen molar-refractivity contribution in [2.75, 3.05) is 11.9 Å². The van der Waals surface area contributed by atoms with Gasteiger partial charge in [-0.3, -0.25) is 0 Å². The molecule has 4 heteroatoms. The molecule has 1 aliphatic heterocycles. The third-order valence-corrected chi connectivity index (χ3v) is 2.90. The Bertz CT molecular complexity index is 390. The lowest BCUT2D eigenvalue weighted by atomic mass is 9.92. The second-order valence-corrected chi connectivity index (χ2v) is 3.88. The summed E-state index contributed by atoms with van der Waals surface area (Å²) in [4.78, 5) is 0. The molecule has 1 nitrogen and oxygen atoms in total. The molecule has 1 N–H and O–H groups in total. The number of fused-ring (bicyclic) bond motifs is 1. The van der Waals surface area contributed by atoms with Gasteiger partial charge in [-0.05, 0) is 24.0 Å². The van der Waals surface area contributed by atoms with E-state index in [-0.39, 0.29) is 5.69 Å². The van der Waals surface area contributed by atoms with E-state index in [4.69, 9.17) is 0 Å². The smallest absolute Gasteiger partial charge is 0.196 e. The summed E-state index contributed by atoms with van der Waals surface area (Å²) in [6, 6.07) is 1.09. The second-order valence-electron chi connectivity index (χ2n) is 3.88. The number of hydrogen-bond acceptors (Lipinski definition) is 1. The Morgan fingerprint density at radius 2 is 2.07 bits per heavy atom. The first-order valence-corrected chi connectivity index (χ1v) is 5.03. The van der Waals surface area contributed by atoms with Gasteiger partial charge in [0.15, 0.2) is 17.5 Å². The van der Waals surface area contributed by atoms with Gasteiger partial charge in [0.05, 0.1) is 5.69 Å². The predicted octanol–water partition coefficient (Wildman–Crippen LogP) is 3.10. The lowest BCUT2D eigenvalue weighted by Crippen LogP contribution is -2.24. The third kappa shape index (κ3) is 1.68. The molecular weight excluding hydrogens is 203 g/mol. The molecule has 0 bridgehead atoms. The first-order valence-electron chi connectivity index (χ1n) is 5.03. The number of anilines is 1. The molecule has 1 atom stereocenters. The minimum absolute atomic E-state index is 0.124. The van der Waals surface area contributed by atoms with Crippen LogP contribution in [0.5, 0.6) is 0 Å². The van der Waals surface area contributed by atoms with Crippen molar-refractivity contribution in [2.24, 2.45) is 5.92 Å². The van der Waals surface area contributed by atoms with E-state index in [9.17, 15) is 13.2 Å².